The highest BCUT2D eigenvalue weighted by Gasteiger charge is 2.13. The van der Waals surface area contributed by atoms with E-state index in [0.717, 1.165) is 13.1 Å². The summed E-state index contributed by atoms with van der Waals surface area (Å²) in [5.74, 6) is -0.242. The maximum Gasteiger partial charge on any atom is 0.336 e. The molecule has 2 rings (SSSR count). The van der Waals surface area contributed by atoms with Gasteiger partial charge in [0.25, 0.3) is 0 Å². The molecule has 0 radical (unpaired) electrons. The van der Waals surface area contributed by atoms with Gasteiger partial charge in [-0.3, -0.25) is 0 Å². The number of fused-ring (bicyclic) bond motifs is 1. The van der Waals surface area contributed by atoms with Crippen LogP contribution in [0.4, 0.5) is 5.82 Å². The number of para-hydroxylation sites is 1. The number of hydrogen-bond donors (Lipinski definition) is 1. The molecule has 0 atom stereocenters. The molecule has 5 nitrogen and oxygen atoms in total. The van der Waals surface area contributed by atoms with Crippen molar-refractivity contribution in [1.29, 1.82) is 0 Å². The summed E-state index contributed by atoms with van der Waals surface area (Å²) in [4.78, 5) is 20.0. The van der Waals surface area contributed by atoms with Crippen molar-refractivity contribution in [2.24, 2.45) is 0 Å². The number of aromatic carboxylic acids is 1. The Morgan fingerprint density at radius 2 is 1.90 bits per heavy atom. The van der Waals surface area contributed by atoms with Crippen molar-refractivity contribution in [2.75, 3.05) is 39.1 Å². The molecule has 0 spiro atoms. The number of aromatic nitrogens is 1. The number of benzene rings is 1. The van der Waals surface area contributed by atoms with Gasteiger partial charge in [0.15, 0.2) is 0 Å². The Morgan fingerprint density at radius 1 is 1.20 bits per heavy atom. The van der Waals surface area contributed by atoms with Gasteiger partial charge in [-0.25, -0.2) is 9.78 Å². The van der Waals surface area contributed by atoms with E-state index in [-0.39, 0.29) is 0 Å². The van der Waals surface area contributed by atoms with Gasteiger partial charge >= 0.3 is 5.97 Å². The standard InChI is InChI=1S/C15H19N3O2/c1-17(2)8-9-18(3)14-10-12(15(19)20)11-6-4-5-7-13(11)16-14/h4-7,10H,8-9H2,1-3H3,(H,19,20). The lowest BCUT2D eigenvalue weighted by Crippen LogP contribution is -2.29. The van der Waals surface area contributed by atoms with Gasteiger partial charge in [0.2, 0.25) is 0 Å². The van der Waals surface area contributed by atoms with E-state index < -0.39 is 5.97 Å². The van der Waals surface area contributed by atoms with Crippen molar-refractivity contribution in [1.82, 2.24) is 9.88 Å². The van der Waals surface area contributed by atoms with Gasteiger partial charge in [0.1, 0.15) is 5.82 Å². The molecule has 0 bridgehead atoms. The number of pyridine rings is 1. The summed E-state index contributed by atoms with van der Waals surface area (Å²) in [6, 6.07) is 8.96. The van der Waals surface area contributed by atoms with Crippen molar-refractivity contribution in [3.05, 3.63) is 35.9 Å². The summed E-state index contributed by atoms with van der Waals surface area (Å²) in [7, 11) is 5.93. The largest absolute Gasteiger partial charge is 0.478 e. The van der Waals surface area contributed by atoms with Crippen molar-refractivity contribution >= 4 is 22.7 Å². The van der Waals surface area contributed by atoms with E-state index in [2.05, 4.69) is 9.88 Å². The van der Waals surface area contributed by atoms with Crippen molar-refractivity contribution in [3.63, 3.8) is 0 Å². The summed E-state index contributed by atoms with van der Waals surface area (Å²) < 4.78 is 0. The first-order valence-electron chi connectivity index (χ1n) is 6.48. The molecular weight excluding hydrogens is 254 g/mol. The van der Waals surface area contributed by atoms with Crippen LogP contribution in [-0.4, -0.2) is 55.2 Å². The zero-order valence-electron chi connectivity index (χ0n) is 12.0. The Kier molecular flexibility index (Phi) is 4.20. The lowest BCUT2D eigenvalue weighted by Gasteiger charge is -2.21. The molecule has 1 aromatic heterocycles. The van der Waals surface area contributed by atoms with Crippen LogP contribution in [0.3, 0.4) is 0 Å². The molecule has 0 saturated carbocycles. The van der Waals surface area contributed by atoms with Crippen molar-refractivity contribution < 1.29 is 9.90 Å². The molecule has 0 aliphatic carbocycles. The van der Waals surface area contributed by atoms with Crippen LogP contribution < -0.4 is 4.90 Å². The third-order valence-corrected chi connectivity index (χ3v) is 3.21. The van der Waals surface area contributed by atoms with Gasteiger partial charge in [-0.15, -0.1) is 0 Å². The van der Waals surface area contributed by atoms with Gasteiger partial charge in [-0.05, 0) is 26.2 Å². The van der Waals surface area contributed by atoms with Crippen LogP contribution in [0.5, 0.6) is 0 Å². The van der Waals surface area contributed by atoms with Crippen molar-refractivity contribution in [2.45, 2.75) is 0 Å². The van der Waals surface area contributed by atoms with Gasteiger partial charge in [0.05, 0.1) is 11.1 Å². The van der Waals surface area contributed by atoms with E-state index >= 15 is 0 Å². The summed E-state index contributed by atoms with van der Waals surface area (Å²) in [5, 5.41) is 10.0. The maximum absolute atomic E-state index is 11.4. The molecule has 1 N–H and O–H groups in total. The summed E-state index contributed by atoms with van der Waals surface area (Å²) in [6.45, 7) is 1.67. The first-order chi connectivity index (χ1) is 9.49. The Hall–Kier alpha value is -2.14. The maximum atomic E-state index is 11.4. The highest BCUT2D eigenvalue weighted by Crippen LogP contribution is 2.22. The van der Waals surface area contributed by atoms with Crippen LogP contribution in [-0.2, 0) is 0 Å². The Morgan fingerprint density at radius 3 is 2.55 bits per heavy atom. The fourth-order valence-corrected chi connectivity index (χ4v) is 2.00. The van der Waals surface area contributed by atoms with Gasteiger partial charge in [-0.1, -0.05) is 18.2 Å². The highest BCUT2D eigenvalue weighted by atomic mass is 16.4. The number of carboxylic acids is 1. The lowest BCUT2D eigenvalue weighted by molar-refractivity contribution is 0.0699. The van der Waals surface area contributed by atoms with Crippen LogP contribution in [0, 0.1) is 0 Å². The third-order valence-electron chi connectivity index (χ3n) is 3.21. The number of rotatable bonds is 5. The molecule has 1 heterocycles. The monoisotopic (exact) mass is 273 g/mol. The van der Waals surface area contributed by atoms with Gasteiger partial charge in [-0.2, -0.15) is 0 Å². The number of nitrogens with zero attached hydrogens (tertiary/aromatic N) is 3. The number of hydrogen-bond acceptors (Lipinski definition) is 4. The van der Waals surface area contributed by atoms with Crippen LogP contribution in [0.2, 0.25) is 0 Å². The average Bonchev–Trinajstić information content (AvgIpc) is 2.43. The number of carbonyl (C=O) groups is 1. The second-order valence-electron chi connectivity index (χ2n) is 5.08. The lowest BCUT2D eigenvalue weighted by atomic mass is 10.1. The Balaban J connectivity index is 2.42. The summed E-state index contributed by atoms with van der Waals surface area (Å²) in [5.41, 5.74) is 1.00. The van der Waals surface area contributed by atoms with E-state index in [4.69, 9.17) is 0 Å². The summed E-state index contributed by atoms with van der Waals surface area (Å²) >= 11 is 0. The van der Waals surface area contributed by atoms with Crippen molar-refractivity contribution in [3.8, 4) is 0 Å². The second-order valence-corrected chi connectivity index (χ2v) is 5.08. The molecular formula is C15H19N3O2. The fraction of sp³-hybridized carbons (Fsp3) is 0.333. The molecule has 0 aliphatic heterocycles. The van der Waals surface area contributed by atoms with Gasteiger partial charge in [0, 0.05) is 25.5 Å². The number of anilines is 1. The smallest absolute Gasteiger partial charge is 0.336 e. The van der Waals surface area contributed by atoms with E-state index in [1.807, 2.05) is 44.2 Å². The minimum atomic E-state index is -0.925. The van der Waals surface area contributed by atoms with E-state index in [9.17, 15) is 9.90 Å². The first-order valence-corrected chi connectivity index (χ1v) is 6.48. The molecule has 1 aromatic carbocycles. The molecule has 2 aromatic rings. The fourth-order valence-electron chi connectivity index (χ4n) is 2.00. The van der Waals surface area contributed by atoms with Crippen LogP contribution in [0.15, 0.2) is 30.3 Å². The van der Waals surface area contributed by atoms with E-state index in [1.165, 1.54) is 0 Å². The molecule has 20 heavy (non-hydrogen) atoms. The topological polar surface area (TPSA) is 56.7 Å². The highest BCUT2D eigenvalue weighted by molar-refractivity contribution is 6.03. The third kappa shape index (κ3) is 3.05. The molecule has 0 fully saturated rings. The molecule has 106 valence electrons. The van der Waals surface area contributed by atoms with Crippen LogP contribution >= 0.6 is 0 Å². The SMILES string of the molecule is CN(C)CCN(C)c1cc(C(=O)O)c2ccccc2n1. The van der Waals surface area contributed by atoms with Crippen LogP contribution in [0.25, 0.3) is 10.9 Å². The minimum absolute atomic E-state index is 0.294. The average molecular weight is 273 g/mol. The second kappa shape index (κ2) is 5.88. The quantitative estimate of drug-likeness (QED) is 0.902. The predicted molar refractivity (Wildman–Crippen MR) is 80.5 cm³/mol. The zero-order valence-corrected chi connectivity index (χ0v) is 12.0. The Labute approximate surface area is 118 Å². The first kappa shape index (κ1) is 14.3. The number of likely N-dealkylation sites (N-methyl/N-ethyl adjacent to an activating group) is 2. The molecule has 5 heteroatoms. The molecule has 0 aliphatic rings. The zero-order chi connectivity index (χ0) is 14.7. The van der Waals surface area contributed by atoms with E-state index in [0.29, 0.717) is 22.3 Å². The van der Waals surface area contributed by atoms with Gasteiger partial charge < -0.3 is 14.9 Å². The Bertz CT molecular complexity index is 626. The molecule has 0 amide bonds. The normalized spacial score (nSPS) is 11.0. The molecule has 0 unspecified atom stereocenters. The molecule has 0 saturated heterocycles. The van der Waals surface area contributed by atoms with E-state index in [1.54, 1.807) is 12.1 Å². The number of carboxylic acid groups (broad SMARTS) is 1. The minimum Gasteiger partial charge on any atom is -0.478 e. The van der Waals surface area contributed by atoms with Crippen LogP contribution in [0.1, 0.15) is 10.4 Å². The predicted octanol–water partition coefficient (Wildman–Crippen LogP) is 1.93. The summed E-state index contributed by atoms with van der Waals surface area (Å²) in [6.07, 6.45) is 0.